The summed E-state index contributed by atoms with van der Waals surface area (Å²) in [6, 6.07) is 15.9. The van der Waals surface area contributed by atoms with Crippen LogP contribution in [-0.2, 0) is 0 Å². The van der Waals surface area contributed by atoms with Crippen LogP contribution < -0.4 is 10.2 Å². The van der Waals surface area contributed by atoms with E-state index in [9.17, 15) is 14.3 Å². The number of aliphatic hydroxyl groups is 1. The highest BCUT2D eigenvalue weighted by Gasteiger charge is 2.27. The molecule has 1 fully saturated rings. The van der Waals surface area contributed by atoms with E-state index in [-0.39, 0.29) is 11.7 Å². The number of fused-ring (bicyclic) bond motifs is 3. The Morgan fingerprint density at radius 3 is 2.62 bits per heavy atom. The molecule has 3 heterocycles. The highest BCUT2D eigenvalue weighted by Crippen LogP contribution is 2.33. The van der Waals surface area contributed by atoms with Crippen LogP contribution in [0.4, 0.5) is 15.9 Å². The van der Waals surface area contributed by atoms with Gasteiger partial charge in [-0.25, -0.2) is 4.39 Å². The molecule has 0 saturated carbocycles. The molecule has 0 aliphatic carbocycles. The van der Waals surface area contributed by atoms with E-state index in [1.165, 1.54) is 12.1 Å². The van der Waals surface area contributed by atoms with E-state index in [0.29, 0.717) is 37.6 Å². The third-order valence-corrected chi connectivity index (χ3v) is 5.58. The molecular weight excluding hydrogens is 371 g/mol. The van der Waals surface area contributed by atoms with Gasteiger partial charge in [0.15, 0.2) is 6.23 Å². The maximum Gasteiger partial charge on any atom is 0.255 e. The molecule has 7 heteroatoms. The number of aromatic nitrogens is 1. The lowest BCUT2D eigenvalue weighted by Gasteiger charge is -2.36. The Hall–Kier alpha value is -3.32. The second-order valence-corrected chi connectivity index (χ2v) is 7.35. The molecular formula is C22H21FN4O2. The Morgan fingerprint density at radius 1 is 1.03 bits per heavy atom. The molecule has 1 amide bonds. The van der Waals surface area contributed by atoms with Crippen LogP contribution >= 0.6 is 0 Å². The zero-order chi connectivity index (χ0) is 20.0. The van der Waals surface area contributed by atoms with Crippen LogP contribution in [0.2, 0.25) is 0 Å². The largest absolute Gasteiger partial charge is 0.369 e. The smallest absolute Gasteiger partial charge is 0.255 e. The van der Waals surface area contributed by atoms with Crippen molar-refractivity contribution in [1.29, 1.82) is 0 Å². The first-order chi connectivity index (χ1) is 14.1. The lowest BCUT2D eigenvalue weighted by atomic mass is 10.1. The lowest BCUT2D eigenvalue weighted by Crippen LogP contribution is -2.48. The van der Waals surface area contributed by atoms with Gasteiger partial charge in [0, 0.05) is 43.6 Å². The molecule has 1 saturated heterocycles. The number of piperazine rings is 1. The first-order valence-electron chi connectivity index (χ1n) is 9.66. The van der Waals surface area contributed by atoms with Gasteiger partial charge in [0.05, 0.1) is 11.3 Å². The molecule has 2 aliphatic rings. The Bertz CT molecular complexity index is 1070. The SMILES string of the molecule is O=C(c1cc2n(c1)-c1ccccc1C(O)N2)N1CCN(c2cccc(F)c2)CC1. The fourth-order valence-corrected chi connectivity index (χ4v) is 4.07. The Labute approximate surface area is 167 Å². The van der Waals surface area contributed by atoms with Crippen molar-refractivity contribution in [1.82, 2.24) is 9.47 Å². The number of rotatable bonds is 2. The molecule has 148 valence electrons. The monoisotopic (exact) mass is 392 g/mol. The number of amides is 1. The van der Waals surface area contributed by atoms with Gasteiger partial charge in [0.25, 0.3) is 5.91 Å². The number of halogens is 1. The average Bonchev–Trinajstić information content (AvgIpc) is 3.18. The normalized spacial score (nSPS) is 18.1. The molecule has 6 nitrogen and oxygen atoms in total. The number of nitrogens with zero attached hydrogens (tertiary/aromatic N) is 3. The molecule has 0 spiro atoms. The molecule has 1 unspecified atom stereocenters. The van der Waals surface area contributed by atoms with Crippen LogP contribution in [0.15, 0.2) is 60.8 Å². The van der Waals surface area contributed by atoms with Gasteiger partial charge in [-0.15, -0.1) is 0 Å². The van der Waals surface area contributed by atoms with E-state index >= 15 is 0 Å². The van der Waals surface area contributed by atoms with E-state index in [4.69, 9.17) is 0 Å². The summed E-state index contributed by atoms with van der Waals surface area (Å²) < 4.78 is 15.4. The summed E-state index contributed by atoms with van der Waals surface area (Å²) in [6.45, 7) is 2.45. The molecule has 0 bridgehead atoms. The first-order valence-corrected chi connectivity index (χ1v) is 9.66. The van der Waals surface area contributed by atoms with Crippen LogP contribution in [0.3, 0.4) is 0 Å². The predicted octanol–water partition coefficient (Wildman–Crippen LogP) is 3.00. The van der Waals surface area contributed by atoms with Crippen molar-refractivity contribution in [2.45, 2.75) is 6.23 Å². The number of anilines is 2. The van der Waals surface area contributed by atoms with Gasteiger partial charge in [0.2, 0.25) is 0 Å². The lowest BCUT2D eigenvalue weighted by molar-refractivity contribution is 0.0747. The van der Waals surface area contributed by atoms with Crippen molar-refractivity contribution < 1.29 is 14.3 Å². The maximum absolute atomic E-state index is 13.5. The van der Waals surface area contributed by atoms with Crippen molar-refractivity contribution in [3.63, 3.8) is 0 Å². The third kappa shape index (κ3) is 3.13. The summed E-state index contributed by atoms with van der Waals surface area (Å²) in [7, 11) is 0. The van der Waals surface area contributed by atoms with Crippen molar-refractivity contribution in [3.05, 3.63) is 77.7 Å². The molecule has 1 aromatic heterocycles. The number of nitrogens with one attached hydrogen (secondary N) is 1. The van der Waals surface area contributed by atoms with Gasteiger partial charge < -0.3 is 24.8 Å². The number of hydrogen-bond donors (Lipinski definition) is 2. The summed E-state index contributed by atoms with van der Waals surface area (Å²) >= 11 is 0. The Balaban J connectivity index is 1.33. The molecule has 5 rings (SSSR count). The average molecular weight is 392 g/mol. The van der Waals surface area contributed by atoms with Gasteiger partial charge >= 0.3 is 0 Å². The number of aliphatic hydroxyl groups excluding tert-OH is 1. The first kappa shape index (κ1) is 17.8. The molecule has 1 atom stereocenters. The summed E-state index contributed by atoms with van der Waals surface area (Å²) in [4.78, 5) is 17.0. The minimum Gasteiger partial charge on any atom is -0.369 e. The van der Waals surface area contributed by atoms with Crippen molar-refractivity contribution in [2.75, 3.05) is 36.4 Å². The quantitative estimate of drug-likeness (QED) is 0.704. The number of para-hydroxylation sites is 1. The number of carbonyl (C=O) groups excluding carboxylic acids is 1. The van der Waals surface area contributed by atoms with E-state index in [1.54, 1.807) is 12.1 Å². The molecule has 2 N–H and O–H groups in total. The molecule has 2 aromatic carbocycles. The van der Waals surface area contributed by atoms with Crippen molar-refractivity contribution >= 4 is 17.4 Å². The summed E-state index contributed by atoms with van der Waals surface area (Å²) in [5, 5.41) is 13.3. The standard InChI is InChI=1S/C22H21FN4O2/c23-16-4-3-5-17(13-16)25-8-10-26(11-9-25)22(29)15-12-20-24-21(28)18-6-1-2-7-19(18)27(20)14-15/h1-7,12-14,21,24,28H,8-11H2. The van der Waals surface area contributed by atoms with Crippen LogP contribution in [0, 0.1) is 5.82 Å². The van der Waals surface area contributed by atoms with Gasteiger partial charge in [-0.2, -0.15) is 0 Å². The van der Waals surface area contributed by atoms with Gasteiger partial charge in [-0.3, -0.25) is 4.79 Å². The highest BCUT2D eigenvalue weighted by molar-refractivity contribution is 5.95. The van der Waals surface area contributed by atoms with Gasteiger partial charge in [-0.1, -0.05) is 24.3 Å². The third-order valence-electron chi connectivity index (χ3n) is 5.58. The highest BCUT2D eigenvalue weighted by atomic mass is 19.1. The van der Waals surface area contributed by atoms with Gasteiger partial charge in [0.1, 0.15) is 11.6 Å². The topological polar surface area (TPSA) is 60.7 Å². The van der Waals surface area contributed by atoms with Crippen LogP contribution in [0.1, 0.15) is 22.1 Å². The number of hydrogen-bond acceptors (Lipinski definition) is 4. The van der Waals surface area contributed by atoms with Crippen LogP contribution in [-0.4, -0.2) is 46.7 Å². The summed E-state index contributed by atoms with van der Waals surface area (Å²) in [6.07, 6.45) is 1.01. The van der Waals surface area contributed by atoms with Gasteiger partial charge in [-0.05, 0) is 30.3 Å². The maximum atomic E-state index is 13.5. The second kappa shape index (κ2) is 6.93. The van der Waals surface area contributed by atoms with E-state index in [0.717, 1.165) is 16.9 Å². The van der Waals surface area contributed by atoms with E-state index < -0.39 is 6.23 Å². The Kier molecular flexibility index (Phi) is 4.24. The minimum atomic E-state index is -0.800. The minimum absolute atomic E-state index is 0.0421. The number of benzene rings is 2. The predicted molar refractivity (Wildman–Crippen MR) is 109 cm³/mol. The summed E-state index contributed by atoms with van der Waals surface area (Å²) in [5.74, 6) is 0.396. The van der Waals surface area contributed by atoms with Crippen LogP contribution in [0.25, 0.3) is 5.69 Å². The van der Waals surface area contributed by atoms with E-state index in [2.05, 4.69) is 10.2 Å². The van der Waals surface area contributed by atoms with Crippen LogP contribution in [0.5, 0.6) is 0 Å². The molecule has 29 heavy (non-hydrogen) atoms. The number of carbonyl (C=O) groups is 1. The van der Waals surface area contributed by atoms with Crippen molar-refractivity contribution in [2.24, 2.45) is 0 Å². The molecule has 0 radical (unpaired) electrons. The fourth-order valence-electron chi connectivity index (χ4n) is 4.07. The zero-order valence-corrected chi connectivity index (χ0v) is 15.8. The molecule has 3 aromatic rings. The van der Waals surface area contributed by atoms with E-state index in [1.807, 2.05) is 46.0 Å². The summed E-state index contributed by atoms with van der Waals surface area (Å²) in [5.41, 5.74) is 3.06. The fraction of sp³-hybridized carbons (Fsp3) is 0.227. The second-order valence-electron chi connectivity index (χ2n) is 7.35. The molecule has 2 aliphatic heterocycles. The zero-order valence-electron chi connectivity index (χ0n) is 15.8. The van der Waals surface area contributed by atoms with Crippen molar-refractivity contribution in [3.8, 4) is 5.69 Å². The Morgan fingerprint density at radius 2 is 1.83 bits per heavy atom.